The first kappa shape index (κ1) is 16.1. The van der Waals surface area contributed by atoms with Crippen LogP contribution in [0.3, 0.4) is 0 Å². The molecule has 2 N–H and O–H groups in total. The molecule has 0 aliphatic carbocycles. The summed E-state index contributed by atoms with van der Waals surface area (Å²) in [5.74, 6) is 0. The van der Waals surface area contributed by atoms with Crippen molar-refractivity contribution in [3.05, 3.63) is 0 Å². The third-order valence-electron chi connectivity index (χ3n) is 2.10. The number of unbranched alkanes of at least 4 members (excludes halogenated alkanes) is 5. The summed E-state index contributed by atoms with van der Waals surface area (Å²) < 4.78 is 0. The molecule has 0 saturated heterocycles. The van der Waals surface area contributed by atoms with Gasteiger partial charge in [-0.3, -0.25) is 0 Å². The van der Waals surface area contributed by atoms with Crippen molar-refractivity contribution in [1.82, 2.24) is 0 Å². The topological polar surface area (TPSA) is 40.5 Å². The number of aliphatic hydroxyl groups excluding tert-OH is 2. The molecule has 1 atom stereocenters. The first-order valence-corrected chi connectivity index (χ1v) is 5.10. The second-order valence-corrected chi connectivity index (χ2v) is 3.39. The van der Waals surface area contributed by atoms with Gasteiger partial charge in [0.05, 0.1) is 12.7 Å². The van der Waals surface area contributed by atoms with Crippen LogP contribution in [0.15, 0.2) is 0 Å². The SMILES string of the molecule is CCCCCCCCC(O)CO.[Ti]. The molecular formula is C10H22O2Ti. The molecule has 13 heavy (non-hydrogen) atoms. The fourth-order valence-electron chi connectivity index (χ4n) is 1.25. The molecule has 0 aromatic rings. The Morgan fingerprint density at radius 3 is 2.08 bits per heavy atom. The van der Waals surface area contributed by atoms with Gasteiger partial charge in [0.1, 0.15) is 0 Å². The monoisotopic (exact) mass is 222 g/mol. The van der Waals surface area contributed by atoms with E-state index in [1.165, 1.54) is 32.1 Å². The zero-order valence-electron chi connectivity index (χ0n) is 8.63. The van der Waals surface area contributed by atoms with Gasteiger partial charge in [0.25, 0.3) is 0 Å². The van der Waals surface area contributed by atoms with Crippen molar-refractivity contribution in [3.8, 4) is 0 Å². The Balaban J connectivity index is 0. The summed E-state index contributed by atoms with van der Waals surface area (Å²) in [4.78, 5) is 0. The van der Waals surface area contributed by atoms with Gasteiger partial charge in [-0.25, -0.2) is 0 Å². The molecule has 0 amide bonds. The molecule has 0 spiro atoms. The maximum atomic E-state index is 9.01. The quantitative estimate of drug-likeness (QED) is 0.487. The van der Waals surface area contributed by atoms with Gasteiger partial charge in [-0.05, 0) is 6.42 Å². The average molecular weight is 222 g/mol. The van der Waals surface area contributed by atoms with Crippen LogP contribution >= 0.6 is 0 Å². The second-order valence-electron chi connectivity index (χ2n) is 3.39. The molecule has 0 radical (unpaired) electrons. The Bertz CT molecular complexity index is 89.0. The van der Waals surface area contributed by atoms with Crippen molar-refractivity contribution in [1.29, 1.82) is 0 Å². The van der Waals surface area contributed by atoms with E-state index in [2.05, 4.69) is 6.92 Å². The molecule has 0 aliphatic heterocycles. The predicted octanol–water partition coefficient (Wildman–Crippen LogP) is 2.09. The van der Waals surface area contributed by atoms with Crippen molar-refractivity contribution >= 4 is 0 Å². The fraction of sp³-hybridized carbons (Fsp3) is 1.00. The summed E-state index contributed by atoms with van der Waals surface area (Å²) >= 11 is 0. The van der Waals surface area contributed by atoms with Crippen molar-refractivity contribution in [2.24, 2.45) is 0 Å². The van der Waals surface area contributed by atoms with Crippen LogP contribution in [-0.4, -0.2) is 22.9 Å². The molecule has 0 bridgehead atoms. The van der Waals surface area contributed by atoms with Crippen LogP contribution in [-0.2, 0) is 21.7 Å². The Hall–Kier alpha value is 0.634. The van der Waals surface area contributed by atoms with Gasteiger partial charge in [0.2, 0.25) is 0 Å². The van der Waals surface area contributed by atoms with Gasteiger partial charge in [-0.15, -0.1) is 0 Å². The van der Waals surface area contributed by atoms with E-state index in [4.69, 9.17) is 10.2 Å². The summed E-state index contributed by atoms with van der Waals surface area (Å²) in [6, 6.07) is 0. The van der Waals surface area contributed by atoms with Crippen LogP contribution in [0, 0.1) is 0 Å². The molecule has 0 saturated carbocycles. The van der Waals surface area contributed by atoms with Crippen LogP contribution in [0.1, 0.15) is 51.9 Å². The van der Waals surface area contributed by atoms with E-state index < -0.39 is 6.10 Å². The molecular weight excluding hydrogens is 200 g/mol. The van der Waals surface area contributed by atoms with Crippen molar-refractivity contribution in [3.63, 3.8) is 0 Å². The molecule has 3 heteroatoms. The minimum absolute atomic E-state index is 0. The smallest absolute Gasteiger partial charge is 0.0770 e. The van der Waals surface area contributed by atoms with Gasteiger partial charge in [0.15, 0.2) is 0 Å². The number of hydrogen-bond donors (Lipinski definition) is 2. The Morgan fingerprint density at radius 2 is 1.54 bits per heavy atom. The third-order valence-corrected chi connectivity index (χ3v) is 2.10. The largest absolute Gasteiger partial charge is 0.394 e. The van der Waals surface area contributed by atoms with Gasteiger partial charge < -0.3 is 10.2 Å². The van der Waals surface area contributed by atoms with Crippen molar-refractivity contribution < 1.29 is 31.9 Å². The standard InChI is InChI=1S/C10H22O2.Ti/c1-2-3-4-5-6-7-8-10(12)9-11;/h10-12H,2-9H2,1H3;. The van der Waals surface area contributed by atoms with Crippen molar-refractivity contribution in [2.75, 3.05) is 6.61 Å². The van der Waals surface area contributed by atoms with Gasteiger partial charge in [0, 0.05) is 21.7 Å². The Kier molecular flexibility index (Phi) is 15.6. The third kappa shape index (κ3) is 12.6. The van der Waals surface area contributed by atoms with Crippen LogP contribution in [0.25, 0.3) is 0 Å². The molecule has 1 unspecified atom stereocenters. The van der Waals surface area contributed by atoms with E-state index in [9.17, 15) is 0 Å². The van der Waals surface area contributed by atoms with E-state index in [0.29, 0.717) is 0 Å². The van der Waals surface area contributed by atoms with Crippen molar-refractivity contribution in [2.45, 2.75) is 58.0 Å². The maximum Gasteiger partial charge on any atom is 0.0770 e. The fourth-order valence-corrected chi connectivity index (χ4v) is 1.25. The van der Waals surface area contributed by atoms with Gasteiger partial charge in [-0.2, -0.15) is 0 Å². The first-order valence-electron chi connectivity index (χ1n) is 5.10. The van der Waals surface area contributed by atoms with E-state index >= 15 is 0 Å². The molecule has 0 aliphatic rings. The minimum Gasteiger partial charge on any atom is -0.394 e. The van der Waals surface area contributed by atoms with E-state index in [1.807, 2.05) is 0 Å². The predicted molar refractivity (Wildman–Crippen MR) is 51.1 cm³/mol. The summed E-state index contributed by atoms with van der Waals surface area (Å²) in [6.07, 6.45) is 7.68. The molecule has 0 rings (SSSR count). The van der Waals surface area contributed by atoms with E-state index in [-0.39, 0.29) is 28.3 Å². The summed E-state index contributed by atoms with van der Waals surface area (Å²) in [5.41, 5.74) is 0. The van der Waals surface area contributed by atoms with Crippen LogP contribution in [0.5, 0.6) is 0 Å². The van der Waals surface area contributed by atoms with Gasteiger partial charge in [-0.1, -0.05) is 45.4 Å². The summed E-state index contributed by atoms with van der Waals surface area (Å²) in [6.45, 7) is 2.12. The zero-order chi connectivity index (χ0) is 9.23. The molecule has 0 aromatic heterocycles. The minimum atomic E-state index is -0.490. The van der Waals surface area contributed by atoms with E-state index in [0.717, 1.165) is 12.8 Å². The Labute approximate surface area is 96.6 Å². The van der Waals surface area contributed by atoms with Crippen LogP contribution in [0.4, 0.5) is 0 Å². The summed E-state index contributed by atoms with van der Waals surface area (Å²) in [5, 5.41) is 17.5. The van der Waals surface area contributed by atoms with Crippen LogP contribution < -0.4 is 0 Å². The molecule has 0 fully saturated rings. The summed E-state index contributed by atoms with van der Waals surface area (Å²) in [7, 11) is 0. The average Bonchev–Trinajstić information content (AvgIpc) is 2.10. The molecule has 2 nitrogen and oxygen atoms in total. The first-order chi connectivity index (χ1) is 5.81. The van der Waals surface area contributed by atoms with Crippen LogP contribution in [0.2, 0.25) is 0 Å². The number of hydrogen-bond acceptors (Lipinski definition) is 2. The molecule has 78 valence electrons. The Morgan fingerprint density at radius 1 is 1.00 bits per heavy atom. The number of rotatable bonds is 8. The molecule has 0 aromatic carbocycles. The zero-order valence-corrected chi connectivity index (χ0v) is 10.2. The number of aliphatic hydroxyl groups is 2. The maximum absolute atomic E-state index is 9.01. The molecule has 0 heterocycles. The van der Waals surface area contributed by atoms with Gasteiger partial charge >= 0.3 is 0 Å². The second kappa shape index (κ2) is 12.6. The normalized spacial score (nSPS) is 12.2. The van der Waals surface area contributed by atoms with E-state index in [1.54, 1.807) is 0 Å².